The van der Waals surface area contributed by atoms with Crippen LogP contribution < -0.4 is 5.73 Å². The van der Waals surface area contributed by atoms with E-state index in [9.17, 15) is 31.4 Å². The molecule has 0 radical (unpaired) electrons. The molecule has 0 aromatic heterocycles. The lowest BCUT2D eigenvalue weighted by Gasteiger charge is -2.16. The molecule has 0 saturated carbocycles. The largest absolute Gasteiger partial charge is 0.507 e. The third-order valence-electron chi connectivity index (χ3n) is 3.76. The number of nitrogens with one attached hydrogen (secondary N) is 1. The van der Waals surface area contributed by atoms with Crippen LogP contribution in [0, 0.1) is 5.41 Å². The summed E-state index contributed by atoms with van der Waals surface area (Å²) < 4.78 is 77.4. The molecule has 0 aliphatic carbocycles. The van der Waals surface area contributed by atoms with Gasteiger partial charge in [0, 0.05) is 12.1 Å². The van der Waals surface area contributed by atoms with E-state index in [1.165, 1.54) is 12.1 Å². The van der Waals surface area contributed by atoms with Gasteiger partial charge >= 0.3 is 12.4 Å². The third-order valence-corrected chi connectivity index (χ3v) is 3.76. The average molecular weight is 377 g/mol. The summed E-state index contributed by atoms with van der Waals surface area (Å²) >= 11 is 0. The number of aromatic hydroxyl groups is 1. The van der Waals surface area contributed by atoms with Crippen molar-refractivity contribution in [1.82, 2.24) is 0 Å². The maximum atomic E-state index is 12.9. The van der Waals surface area contributed by atoms with Crippen LogP contribution in [-0.4, -0.2) is 10.8 Å². The Morgan fingerprint density at radius 2 is 1.46 bits per heavy atom. The molecule has 2 aromatic rings. The highest BCUT2D eigenvalue weighted by Gasteiger charge is 2.37. The van der Waals surface area contributed by atoms with Gasteiger partial charge in [-0.3, -0.25) is 0 Å². The molecule has 9 heteroatoms. The zero-order chi connectivity index (χ0) is 19.7. The van der Waals surface area contributed by atoms with E-state index in [2.05, 4.69) is 5.73 Å². The molecule has 1 atom stereocenters. The predicted octanol–water partition coefficient (Wildman–Crippen LogP) is 4.17. The Kier molecular flexibility index (Phi) is 5.31. The van der Waals surface area contributed by atoms with Gasteiger partial charge in [-0.2, -0.15) is 26.3 Å². The Bertz CT molecular complexity index is 781. The van der Waals surface area contributed by atoms with Crippen LogP contribution in [0.1, 0.15) is 34.7 Å². The Morgan fingerprint density at radius 3 is 1.92 bits per heavy atom. The Hall–Kier alpha value is -2.55. The summed E-state index contributed by atoms with van der Waals surface area (Å²) in [5.41, 5.74) is 0.196. The van der Waals surface area contributed by atoms with Crippen LogP contribution in [0.4, 0.5) is 26.3 Å². The summed E-state index contributed by atoms with van der Waals surface area (Å²) in [4.78, 5) is 0. The van der Waals surface area contributed by atoms with E-state index in [1.807, 2.05) is 0 Å². The Balaban J connectivity index is 2.37. The number of hydrogen-bond donors (Lipinski definition) is 3. The molecule has 0 saturated heterocycles. The molecule has 140 valence electrons. The standard InChI is InChI=1S/C17H14F6N2O/c18-16(19,20)10-5-9(6-11(7-10)17(21,22)23)13(24)8-14(25)12-3-1-2-4-15(12)26/h1-7,14,24,26H,8,25H2/p+1. The number of benzene rings is 2. The number of phenols is 1. The fraction of sp³-hybridized carbons (Fsp3) is 0.235. The van der Waals surface area contributed by atoms with Crippen molar-refractivity contribution in [2.75, 3.05) is 0 Å². The van der Waals surface area contributed by atoms with Gasteiger partial charge in [0.25, 0.3) is 0 Å². The molecule has 1 unspecified atom stereocenters. The van der Waals surface area contributed by atoms with Crippen LogP contribution in [0.2, 0.25) is 0 Å². The smallest absolute Gasteiger partial charge is 0.416 e. The molecule has 26 heavy (non-hydrogen) atoms. The second-order valence-corrected chi connectivity index (χ2v) is 5.73. The molecule has 0 aliphatic heterocycles. The molecule has 2 rings (SSSR count). The number of alkyl halides is 6. The van der Waals surface area contributed by atoms with Crippen molar-refractivity contribution in [3.63, 3.8) is 0 Å². The second kappa shape index (κ2) is 6.99. The predicted molar refractivity (Wildman–Crippen MR) is 81.6 cm³/mol. The summed E-state index contributed by atoms with van der Waals surface area (Å²) in [6, 6.07) is 6.37. The second-order valence-electron chi connectivity index (χ2n) is 5.73. The lowest BCUT2D eigenvalue weighted by molar-refractivity contribution is -0.424. The van der Waals surface area contributed by atoms with Gasteiger partial charge in [0.2, 0.25) is 0 Å². The van der Waals surface area contributed by atoms with Gasteiger partial charge < -0.3 is 16.2 Å². The van der Waals surface area contributed by atoms with Crippen LogP contribution in [-0.2, 0) is 12.4 Å². The van der Waals surface area contributed by atoms with Crippen molar-refractivity contribution in [1.29, 1.82) is 5.41 Å². The van der Waals surface area contributed by atoms with E-state index in [-0.39, 0.29) is 18.2 Å². The minimum atomic E-state index is -4.97. The topological polar surface area (TPSA) is 71.7 Å². The van der Waals surface area contributed by atoms with Gasteiger partial charge in [0.1, 0.15) is 11.8 Å². The van der Waals surface area contributed by atoms with Crippen molar-refractivity contribution in [3.8, 4) is 5.75 Å². The minimum absolute atomic E-state index is 0.0154. The van der Waals surface area contributed by atoms with Crippen LogP contribution >= 0.6 is 0 Å². The maximum absolute atomic E-state index is 12.9. The van der Waals surface area contributed by atoms with E-state index in [0.29, 0.717) is 17.7 Å². The molecular formula is C17H15F6N2O+. The number of halogens is 6. The number of para-hydroxylation sites is 1. The van der Waals surface area contributed by atoms with Crippen molar-refractivity contribution in [3.05, 3.63) is 64.7 Å². The van der Waals surface area contributed by atoms with Crippen LogP contribution in [0.25, 0.3) is 0 Å². The highest BCUT2D eigenvalue weighted by atomic mass is 19.4. The lowest BCUT2D eigenvalue weighted by Crippen LogP contribution is -2.54. The molecule has 0 bridgehead atoms. The van der Waals surface area contributed by atoms with E-state index >= 15 is 0 Å². The first-order chi connectivity index (χ1) is 11.9. The zero-order valence-electron chi connectivity index (χ0n) is 13.2. The summed E-state index contributed by atoms with van der Waals surface area (Å²) in [6.45, 7) is 0. The maximum Gasteiger partial charge on any atom is 0.416 e. The number of rotatable bonds is 4. The minimum Gasteiger partial charge on any atom is -0.507 e. The Labute approximate surface area is 144 Å². The first-order valence-electron chi connectivity index (χ1n) is 7.38. The molecule has 2 aromatic carbocycles. The molecular weight excluding hydrogens is 362 g/mol. The van der Waals surface area contributed by atoms with Crippen molar-refractivity contribution < 1.29 is 37.2 Å². The Morgan fingerprint density at radius 1 is 0.962 bits per heavy atom. The first-order valence-corrected chi connectivity index (χ1v) is 7.38. The molecule has 0 spiro atoms. The first kappa shape index (κ1) is 19.8. The van der Waals surface area contributed by atoms with Gasteiger partial charge in [0.05, 0.1) is 16.7 Å². The average Bonchev–Trinajstić information content (AvgIpc) is 2.53. The number of hydrogen-bond acceptors (Lipinski definition) is 2. The van der Waals surface area contributed by atoms with Crippen molar-refractivity contribution in [2.45, 2.75) is 24.8 Å². The SMILES string of the molecule is N=C(CC([NH3+])c1ccccc1O)c1cc(C(F)(F)F)cc(C(F)(F)F)c1. The van der Waals surface area contributed by atoms with Crippen LogP contribution in [0.5, 0.6) is 5.75 Å². The third kappa shape index (κ3) is 4.54. The van der Waals surface area contributed by atoms with Gasteiger partial charge in [0.15, 0.2) is 0 Å². The molecule has 0 amide bonds. The van der Waals surface area contributed by atoms with E-state index in [4.69, 9.17) is 5.41 Å². The van der Waals surface area contributed by atoms with Crippen LogP contribution in [0.15, 0.2) is 42.5 Å². The quantitative estimate of drug-likeness (QED) is 0.543. The van der Waals surface area contributed by atoms with E-state index in [0.717, 1.165) is 0 Å². The summed E-state index contributed by atoms with van der Waals surface area (Å²) in [6.07, 6.45) is -10.2. The van der Waals surface area contributed by atoms with Gasteiger partial charge in [-0.15, -0.1) is 0 Å². The molecule has 0 fully saturated rings. The van der Waals surface area contributed by atoms with Crippen molar-refractivity contribution in [2.24, 2.45) is 0 Å². The van der Waals surface area contributed by atoms with Gasteiger partial charge in [-0.1, -0.05) is 12.1 Å². The summed E-state index contributed by atoms with van der Waals surface area (Å²) in [5.74, 6) is -0.111. The molecule has 0 heterocycles. The van der Waals surface area contributed by atoms with Gasteiger partial charge in [-0.25, -0.2) is 0 Å². The highest BCUT2D eigenvalue weighted by Crippen LogP contribution is 2.37. The fourth-order valence-corrected chi connectivity index (χ4v) is 2.44. The monoisotopic (exact) mass is 377 g/mol. The van der Waals surface area contributed by atoms with Gasteiger partial charge in [-0.05, 0) is 35.9 Å². The lowest BCUT2D eigenvalue weighted by atomic mass is 9.95. The summed E-state index contributed by atoms with van der Waals surface area (Å²) in [5, 5.41) is 17.7. The highest BCUT2D eigenvalue weighted by molar-refractivity contribution is 5.99. The van der Waals surface area contributed by atoms with E-state index in [1.54, 1.807) is 12.1 Å². The van der Waals surface area contributed by atoms with Crippen molar-refractivity contribution >= 4 is 5.71 Å². The zero-order valence-corrected chi connectivity index (χ0v) is 13.2. The molecule has 5 N–H and O–H groups in total. The molecule has 3 nitrogen and oxygen atoms in total. The fourth-order valence-electron chi connectivity index (χ4n) is 2.44. The number of quaternary nitrogens is 1. The van der Waals surface area contributed by atoms with E-state index < -0.39 is 40.8 Å². The van der Waals surface area contributed by atoms with Crippen LogP contribution in [0.3, 0.4) is 0 Å². The molecule has 0 aliphatic rings. The number of phenolic OH excluding ortho intramolecular Hbond substituents is 1. The normalized spacial score (nSPS) is 13.5. The summed E-state index contributed by atoms with van der Waals surface area (Å²) in [7, 11) is 0.